The van der Waals surface area contributed by atoms with Crippen LogP contribution in [0.1, 0.15) is 35.7 Å². The Labute approximate surface area is 107 Å². The Morgan fingerprint density at radius 1 is 1.47 bits per heavy atom. The first-order valence-corrected chi connectivity index (χ1v) is 6.10. The maximum absolute atomic E-state index is 12.0. The molecule has 0 aliphatic rings. The molecule has 1 unspecified atom stereocenters. The summed E-state index contributed by atoms with van der Waals surface area (Å²) in [6.45, 7) is 3.92. The van der Waals surface area contributed by atoms with Gasteiger partial charge in [-0.25, -0.2) is 0 Å². The Morgan fingerprint density at radius 2 is 2.12 bits per heavy atom. The second kappa shape index (κ2) is 6.35. The number of carbonyl (C=O) groups is 1. The number of thiocarbonyl (C=S) groups is 1. The second-order valence-electron chi connectivity index (χ2n) is 4.06. The monoisotopic (exact) mass is 250 g/mol. The number of benzene rings is 1. The van der Waals surface area contributed by atoms with E-state index in [-0.39, 0.29) is 11.9 Å². The summed E-state index contributed by atoms with van der Waals surface area (Å²) in [4.78, 5) is 12.5. The van der Waals surface area contributed by atoms with E-state index in [9.17, 15) is 4.79 Å². The van der Waals surface area contributed by atoms with Gasteiger partial charge in [-0.15, -0.1) is 0 Å². The average molecular weight is 250 g/mol. The first-order chi connectivity index (χ1) is 8.04. The predicted molar refractivity (Wildman–Crippen MR) is 74.1 cm³/mol. The number of aryl methyl sites for hydroxylation is 1. The van der Waals surface area contributed by atoms with Gasteiger partial charge in [0, 0.05) is 18.0 Å². The minimum atomic E-state index is -0.0637. The minimum Gasteiger partial charge on any atom is -0.393 e. The van der Waals surface area contributed by atoms with Crippen molar-refractivity contribution in [3.8, 4) is 0 Å². The summed E-state index contributed by atoms with van der Waals surface area (Å²) in [7, 11) is 0. The maximum Gasteiger partial charge on any atom is 0.251 e. The molecule has 1 aromatic carbocycles. The fourth-order valence-electron chi connectivity index (χ4n) is 1.63. The van der Waals surface area contributed by atoms with E-state index in [1.54, 1.807) is 0 Å². The highest BCUT2D eigenvalue weighted by molar-refractivity contribution is 7.80. The SMILES string of the molecule is CCC(CC(N)=S)NC(=O)c1ccccc1C. The summed E-state index contributed by atoms with van der Waals surface area (Å²) in [6.07, 6.45) is 1.36. The molecule has 0 heterocycles. The van der Waals surface area contributed by atoms with Gasteiger partial charge in [-0.3, -0.25) is 4.79 Å². The summed E-state index contributed by atoms with van der Waals surface area (Å²) >= 11 is 4.86. The van der Waals surface area contributed by atoms with Crippen LogP contribution in [0, 0.1) is 6.92 Å². The van der Waals surface area contributed by atoms with Crippen LogP contribution < -0.4 is 11.1 Å². The lowest BCUT2D eigenvalue weighted by molar-refractivity contribution is 0.0936. The molecule has 0 bridgehead atoms. The van der Waals surface area contributed by atoms with Crippen molar-refractivity contribution in [1.29, 1.82) is 0 Å². The molecule has 3 nitrogen and oxygen atoms in total. The molecule has 1 aromatic rings. The minimum absolute atomic E-state index is 0.0135. The van der Waals surface area contributed by atoms with Crippen molar-refractivity contribution in [1.82, 2.24) is 5.32 Å². The fraction of sp³-hybridized carbons (Fsp3) is 0.385. The predicted octanol–water partition coefficient (Wildman–Crippen LogP) is 2.18. The third kappa shape index (κ3) is 4.15. The third-order valence-electron chi connectivity index (χ3n) is 2.67. The molecular formula is C13H18N2OS. The highest BCUT2D eigenvalue weighted by atomic mass is 32.1. The molecule has 0 aromatic heterocycles. The standard InChI is InChI=1S/C13H18N2OS/c1-3-10(8-12(14)17)15-13(16)11-7-5-4-6-9(11)2/h4-7,10H,3,8H2,1-2H3,(H2,14,17)(H,15,16). The smallest absolute Gasteiger partial charge is 0.251 e. The van der Waals surface area contributed by atoms with Crippen LogP contribution in [0.15, 0.2) is 24.3 Å². The molecule has 0 fully saturated rings. The Hall–Kier alpha value is -1.42. The van der Waals surface area contributed by atoms with Gasteiger partial charge in [0.05, 0.1) is 4.99 Å². The molecule has 17 heavy (non-hydrogen) atoms. The summed E-state index contributed by atoms with van der Waals surface area (Å²) in [6, 6.07) is 7.52. The Morgan fingerprint density at radius 3 is 2.65 bits per heavy atom. The lowest BCUT2D eigenvalue weighted by Gasteiger charge is -2.16. The highest BCUT2D eigenvalue weighted by Gasteiger charge is 2.14. The topological polar surface area (TPSA) is 55.1 Å². The molecule has 92 valence electrons. The van der Waals surface area contributed by atoms with E-state index in [1.807, 2.05) is 38.1 Å². The average Bonchev–Trinajstić information content (AvgIpc) is 2.27. The number of hydrogen-bond acceptors (Lipinski definition) is 2. The van der Waals surface area contributed by atoms with Crippen LogP contribution in [0.2, 0.25) is 0 Å². The quantitative estimate of drug-likeness (QED) is 0.788. The largest absolute Gasteiger partial charge is 0.393 e. The van der Waals surface area contributed by atoms with Gasteiger partial charge in [0.25, 0.3) is 5.91 Å². The number of carbonyl (C=O) groups excluding carboxylic acids is 1. The summed E-state index contributed by atoms with van der Waals surface area (Å²) < 4.78 is 0. The van der Waals surface area contributed by atoms with Crippen LogP contribution in [0.5, 0.6) is 0 Å². The number of amides is 1. The lowest BCUT2D eigenvalue weighted by Crippen LogP contribution is -2.37. The number of rotatable bonds is 5. The van der Waals surface area contributed by atoms with Crippen molar-refractivity contribution in [3.63, 3.8) is 0 Å². The van der Waals surface area contributed by atoms with Gasteiger partial charge < -0.3 is 11.1 Å². The van der Waals surface area contributed by atoms with Crippen LogP contribution in [-0.4, -0.2) is 16.9 Å². The van der Waals surface area contributed by atoms with Crippen LogP contribution in [-0.2, 0) is 0 Å². The fourth-order valence-corrected chi connectivity index (χ4v) is 1.83. The number of nitrogens with two attached hydrogens (primary N) is 1. The molecule has 0 aliphatic heterocycles. The third-order valence-corrected chi connectivity index (χ3v) is 2.83. The molecular weight excluding hydrogens is 232 g/mol. The normalized spacial score (nSPS) is 11.9. The van der Waals surface area contributed by atoms with E-state index < -0.39 is 0 Å². The van der Waals surface area contributed by atoms with E-state index >= 15 is 0 Å². The molecule has 0 saturated heterocycles. The van der Waals surface area contributed by atoms with Crippen LogP contribution in [0.25, 0.3) is 0 Å². The first kappa shape index (κ1) is 13.6. The molecule has 0 radical (unpaired) electrons. The van der Waals surface area contributed by atoms with E-state index in [2.05, 4.69) is 5.32 Å². The zero-order valence-electron chi connectivity index (χ0n) is 10.2. The van der Waals surface area contributed by atoms with Gasteiger partial charge in [0.1, 0.15) is 0 Å². The summed E-state index contributed by atoms with van der Waals surface area (Å²) in [5.74, 6) is -0.0637. The Balaban J connectivity index is 2.71. The molecule has 0 saturated carbocycles. The second-order valence-corrected chi connectivity index (χ2v) is 4.59. The van der Waals surface area contributed by atoms with Crippen molar-refractivity contribution in [2.45, 2.75) is 32.7 Å². The van der Waals surface area contributed by atoms with Gasteiger partial charge in [0.15, 0.2) is 0 Å². The molecule has 1 rings (SSSR count). The van der Waals surface area contributed by atoms with Gasteiger partial charge in [-0.05, 0) is 25.0 Å². The van der Waals surface area contributed by atoms with Crippen LogP contribution in [0.4, 0.5) is 0 Å². The molecule has 0 aliphatic carbocycles. The van der Waals surface area contributed by atoms with Crippen molar-refractivity contribution in [2.24, 2.45) is 5.73 Å². The highest BCUT2D eigenvalue weighted by Crippen LogP contribution is 2.08. The van der Waals surface area contributed by atoms with Gasteiger partial charge in [-0.1, -0.05) is 37.3 Å². The molecule has 1 amide bonds. The van der Waals surface area contributed by atoms with Crippen molar-refractivity contribution in [3.05, 3.63) is 35.4 Å². The zero-order valence-corrected chi connectivity index (χ0v) is 11.0. The molecule has 0 spiro atoms. The van der Waals surface area contributed by atoms with Gasteiger partial charge in [0.2, 0.25) is 0 Å². The first-order valence-electron chi connectivity index (χ1n) is 5.69. The van der Waals surface area contributed by atoms with E-state index in [4.69, 9.17) is 18.0 Å². The number of nitrogens with one attached hydrogen (secondary N) is 1. The van der Waals surface area contributed by atoms with Gasteiger partial charge in [-0.2, -0.15) is 0 Å². The molecule has 3 N–H and O–H groups in total. The van der Waals surface area contributed by atoms with E-state index in [0.29, 0.717) is 17.0 Å². The van der Waals surface area contributed by atoms with Crippen LogP contribution >= 0.6 is 12.2 Å². The molecule has 4 heteroatoms. The van der Waals surface area contributed by atoms with Crippen molar-refractivity contribution in [2.75, 3.05) is 0 Å². The Kier molecular flexibility index (Phi) is 5.10. The maximum atomic E-state index is 12.0. The zero-order chi connectivity index (χ0) is 12.8. The Bertz CT molecular complexity index is 418. The van der Waals surface area contributed by atoms with Crippen molar-refractivity contribution >= 4 is 23.1 Å². The summed E-state index contributed by atoms with van der Waals surface area (Å²) in [5, 5.41) is 2.95. The van der Waals surface area contributed by atoms with E-state index in [0.717, 1.165) is 12.0 Å². The van der Waals surface area contributed by atoms with Crippen molar-refractivity contribution < 1.29 is 4.79 Å². The van der Waals surface area contributed by atoms with Crippen LogP contribution in [0.3, 0.4) is 0 Å². The number of hydrogen-bond donors (Lipinski definition) is 2. The lowest BCUT2D eigenvalue weighted by atomic mass is 10.1. The van der Waals surface area contributed by atoms with Gasteiger partial charge >= 0.3 is 0 Å². The summed E-state index contributed by atoms with van der Waals surface area (Å²) in [5.41, 5.74) is 7.16. The van der Waals surface area contributed by atoms with E-state index in [1.165, 1.54) is 0 Å². The molecule has 1 atom stereocenters.